The fourth-order valence-electron chi connectivity index (χ4n) is 7.99. The van der Waals surface area contributed by atoms with E-state index in [1.807, 2.05) is 67.6 Å². The van der Waals surface area contributed by atoms with Crippen molar-refractivity contribution < 1.29 is 37.0 Å². The molecule has 6 rings (SSSR count). The Bertz CT molecular complexity index is 1800. The molecular formula is C42H56FN7O6P+. The summed E-state index contributed by atoms with van der Waals surface area (Å²) in [6.07, 6.45) is 6.57. The number of rotatable bonds is 21. The largest absolute Gasteiger partial charge is 0.489 e. The summed E-state index contributed by atoms with van der Waals surface area (Å²) in [6, 6.07) is 24.3. The lowest BCUT2D eigenvalue weighted by molar-refractivity contribution is -1.06. The van der Waals surface area contributed by atoms with Crippen molar-refractivity contribution in [1.82, 2.24) is 15.0 Å². The minimum Gasteiger partial charge on any atom is -0.489 e. The van der Waals surface area contributed by atoms with E-state index in [0.717, 1.165) is 49.7 Å². The van der Waals surface area contributed by atoms with Gasteiger partial charge in [0.1, 0.15) is 11.7 Å². The summed E-state index contributed by atoms with van der Waals surface area (Å²) in [5, 5.41) is 8.49. The molecule has 57 heavy (non-hydrogen) atoms. The maximum atomic E-state index is 15.2. The lowest BCUT2D eigenvalue weighted by Gasteiger charge is -2.49. The SMILES string of the molecule is CCOc1c(F)cccc1N(OCC)c1nc(NCC2CCC[N+]2(CC)C(OCc2ccccc2)(OCc2ccccc2)OP=O)nc(NC2CCCCCC2)n1. The van der Waals surface area contributed by atoms with Gasteiger partial charge in [-0.3, -0.25) is 14.3 Å². The molecule has 306 valence electrons. The summed E-state index contributed by atoms with van der Waals surface area (Å²) in [4.78, 5) is 20.7. The third kappa shape index (κ3) is 10.4. The molecule has 15 heteroatoms. The number of ether oxygens (including phenoxy) is 3. The second-order valence-corrected chi connectivity index (χ2v) is 14.7. The molecule has 0 bridgehead atoms. The van der Waals surface area contributed by atoms with E-state index in [0.29, 0.717) is 37.2 Å². The van der Waals surface area contributed by atoms with Crippen LogP contribution >= 0.6 is 8.69 Å². The fourth-order valence-corrected chi connectivity index (χ4v) is 8.35. The Labute approximate surface area is 337 Å². The van der Waals surface area contributed by atoms with Crippen LogP contribution in [0.15, 0.2) is 78.9 Å². The van der Waals surface area contributed by atoms with Crippen LogP contribution in [0.4, 0.5) is 27.9 Å². The van der Waals surface area contributed by atoms with Crippen LogP contribution in [0.5, 0.6) is 5.75 Å². The monoisotopic (exact) mass is 804 g/mol. The van der Waals surface area contributed by atoms with E-state index in [4.69, 9.17) is 38.5 Å². The van der Waals surface area contributed by atoms with E-state index in [9.17, 15) is 4.57 Å². The second kappa shape index (κ2) is 20.9. The molecule has 1 aromatic heterocycles. The Kier molecular flexibility index (Phi) is 15.5. The van der Waals surface area contributed by atoms with Crippen LogP contribution < -0.4 is 20.4 Å². The first-order valence-electron chi connectivity index (χ1n) is 20.3. The summed E-state index contributed by atoms with van der Waals surface area (Å²) in [5.74, 6) is 0.374. The van der Waals surface area contributed by atoms with Crippen molar-refractivity contribution in [3.05, 3.63) is 95.8 Å². The molecule has 0 amide bonds. The number of hydrogen-bond acceptors (Lipinski definition) is 12. The standard InChI is InChI=1S/C42H56FN7O6P/c1-4-50(42(56-57-51,53-30-32-19-11-9-12-20-32)54-31-33-21-13-10-14-22-33)28-18-25-35(50)29-44-39-46-40(45-34-23-15-7-8-16-24-34)48-41(47-39)49(55-6-3)37-27-17-26-36(43)38(37)52-5-2/h9-14,17,19-22,26-27,34-35H,4-8,15-16,18,23-25,28-31H2,1-3H3,(H2,44,45,46,47,48)/q+1. The van der Waals surface area contributed by atoms with Crippen molar-refractivity contribution in [2.75, 3.05) is 48.5 Å². The lowest BCUT2D eigenvalue weighted by Crippen LogP contribution is -2.70. The van der Waals surface area contributed by atoms with E-state index in [1.165, 1.54) is 24.0 Å². The minimum atomic E-state index is -1.72. The molecule has 0 radical (unpaired) electrons. The zero-order valence-electron chi connectivity index (χ0n) is 33.3. The van der Waals surface area contributed by atoms with E-state index in [1.54, 1.807) is 19.1 Å². The Balaban J connectivity index is 1.35. The molecule has 2 N–H and O–H groups in total. The number of benzene rings is 3. The van der Waals surface area contributed by atoms with Gasteiger partial charge >= 0.3 is 14.8 Å². The maximum absolute atomic E-state index is 15.2. The Morgan fingerprint density at radius 3 is 2.09 bits per heavy atom. The number of para-hydroxylation sites is 1. The number of hydrogen-bond donors (Lipinski definition) is 2. The number of quaternary nitrogens is 1. The van der Waals surface area contributed by atoms with Crippen molar-refractivity contribution >= 4 is 32.2 Å². The van der Waals surface area contributed by atoms with Crippen LogP contribution in [-0.4, -0.2) is 70.5 Å². The first kappa shape index (κ1) is 42.3. The highest BCUT2D eigenvalue weighted by atomic mass is 31.1. The summed E-state index contributed by atoms with van der Waals surface area (Å²) < 4.78 is 53.2. The molecule has 2 heterocycles. The summed E-state index contributed by atoms with van der Waals surface area (Å²) in [6.45, 7) is 8.18. The minimum absolute atomic E-state index is 0.0395. The molecule has 2 unspecified atom stereocenters. The van der Waals surface area contributed by atoms with Gasteiger partial charge in [-0.2, -0.15) is 24.5 Å². The van der Waals surface area contributed by atoms with Gasteiger partial charge in [0.25, 0.3) is 5.95 Å². The highest BCUT2D eigenvalue weighted by molar-refractivity contribution is 7.17. The summed E-state index contributed by atoms with van der Waals surface area (Å²) in [7, 11) is -0.570. The summed E-state index contributed by atoms with van der Waals surface area (Å²) in [5.41, 5.74) is 2.18. The normalized spacial score (nSPS) is 19.0. The van der Waals surface area contributed by atoms with Crippen molar-refractivity contribution in [1.29, 1.82) is 0 Å². The van der Waals surface area contributed by atoms with Crippen LogP contribution in [0.1, 0.15) is 83.3 Å². The highest BCUT2D eigenvalue weighted by Gasteiger charge is 2.62. The molecule has 0 spiro atoms. The predicted molar refractivity (Wildman–Crippen MR) is 217 cm³/mol. The average Bonchev–Trinajstić information content (AvgIpc) is 3.50. The number of likely N-dealkylation sites (tertiary alicyclic amines) is 1. The molecule has 3 aromatic carbocycles. The number of anilines is 4. The van der Waals surface area contributed by atoms with Crippen LogP contribution in [0.25, 0.3) is 0 Å². The van der Waals surface area contributed by atoms with Gasteiger partial charge in [0, 0.05) is 18.9 Å². The molecule has 1 aliphatic carbocycles. The smallest absolute Gasteiger partial charge is 0.460 e. The van der Waals surface area contributed by atoms with Gasteiger partial charge in [-0.1, -0.05) is 92.4 Å². The number of likely N-dealkylation sites (N-methyl/N-ethyl adjacent to an activating group) is 1. The van der Waals surface area contributed by atoms with Gasteiger partial charge in [0.15, 0.2) is 11.6 Å². The third-order valence-corrected chi connectivity index (χ3v) is 11.1. The van der Waals surface area contributed by atoms with Gasteiger partial charge < -0.3 is 15.4 Å². The quantitative estimate of drug-likeness (QED) is 0.0274. The van der Waals surface area contributed by atoms with Gasteiger partial charge in [-0.05, 0) is 56.9 Å². The van der Waals surface area contributed by atoms with Crippen LogP contribution in [-0.2, 0) is 36.6 Å². The Hall–Kier alpha value is -4.30. The average molecular weight is 805 g/mol. The summed E-state index contributed by atoms with van der Waals surface area (Å²) >= 11 is 0. The van der Waals surface area contributed by atoms with Crippen molar-refractivity contribution in [3.8, 4) is 5.75 Å². The number of aromatic nitrogens is 3. The highest BCUT2D eigenvalue weighted by Crippen LogP contribution is 2.43. The Morgan fingerprint density at radius 1 is 0.807 bits per heavy atom. The van der Waals surface area contributed by atoms with Crippen molar-refractivity contribution in [2.45, 2.75) is 104 Å². The molecule has 2 fully saturated rings. The molecule has 13 nitrogen and oxygen atoms in total. The molecular weight excluding hydrogens is 748 g/mol. The molecule has 1 saturated carbocycles. The fraction of sp³-hybridized carbons (Fsp3) is 0.500. The molecule has 2 atom stereocenters. The first-order valence-corrected chi connectivity index (χ1v) is 21.0. The third-order valence-electron chi connectivity index (χ3n) is 10.8. The molecule has 1 saturated heterocycles. The number of halogens is 1. The van der Waals surface area contributed by atoms with Gasteiger partial charge in [0.2, 0.25) is 11.9 Å². The maximum Gasteiger partial charge on any atom is 0.460 e. The van der Waals surface area contributed by atoms with Crippen molar-refractivity contribution in [2.24, 2.45) is 0 Å². The zero-order valence-corrected chi connectivity index (χ0v) is 34.2. The van der Waals surface area contributed by atoms with Gasteiger partial charge in [0.05, 0.1) is 46.1 Å². The number of nitrogens with one attached hydrogen (secondary N) is 2. The van der Waals surface area contributed by atoms with Gasteiger partial charge in [-0.25, -0.2) is 13.4 Å². The van der Waals surface area contributed by atoms with Crippen LogP contribution in [0.2, 0.25) is 0 Å². The predicted octanol–water partition coefficient (Wildman–Crippen LogP) is 9.31. The molecule has 2 aliphatic rings. The second-order valence-electron chi connectivity index (χ2n) is 14.3. The van der Waals surface area contributed by atoms with E-state index in [-0.39, 0.29) is 54.7 Å². The first-order chi connectivity index (χ1) is 27.9. The van der Waals surface area contributed by atoms with E-state index < -0.39 is 20.6 Å². The molecule has 1 aliphatic heterocycles. The number of nitrogens with zero attached hydrogens (tertiary/aromatic N) is 5. The van der Waals surface area contributed by atoms with E-state index in [2.05, 4.69) is 17.6 Å². The van der Waals surface area contributed by atoms with Crippen LogP contribution in [0.3, 0.4) is 0 Å². The van der Waals surface area contributed by atoms with E-state index >= 15 is 4.39 Å². The van der Waals surface area contributed by atoms with Gasteiger partial charge in [-0.15, -0.1) is 0 Å². The molecule has 4 aromatic rings. The topological polar surface area (TPSA) is 129 Å². The zero-order chi connectivity index (χ0) is 39.9. The lowest BCUT2D eigenvalue weighted by atomic mass is 10.1. The Morgan fingerprint density at radius 2 is 1.47 bits per heavy atom. The van der Waals surface area contributed by atoms with Crippen molar-refractivity contribution in [3.63, 3.8) is 0 Å². The van der Waals surface area contributed by atoms with Crippen LogP contribution in [0, 0.1) is 5.82 Å².